The zero-order chi connectivity index (χ0) is 29.3. The van der Waals surface area contributed by atoms with Crippen molar-refractivity contribution >= 4 is 72.3 Å². The van der Waals surface area contributed by atoms with Gasteiger partial charge in [-0.2, -0.15) is 0 Å². The maximum atomic E-state index is 13.4. The Bertz CT molecular complexity index is 1710. The van der Waals surface area contributed by atoms with Gasteiger partial charge in [0.05, 0.1) is 27.4 Å². The predicted molar refractivity (Wildman–Crippen MR) is 175 cm³/mol. The number of sulfonamides is 1. The normalized spacial score (nSPS) is 15.6. The maximum absolute atomic E-state index is 13.4. The predicted octanol–water partition coefficient (Wildman–Crippen LogP) is 5.07. The van der Waals surface area contributed by atoms with Crippen molar-refractivity contribution in [3.05, 3.63) is 76.8 Å². The number of anilines is 2. The van der Waals surface area contributed by atoms with E-state index < -0.39 is 10.0 Å². The van der Waals surface area contributed by atoms with E-state index >= 15 is 0 Å². The third-order valence-electron chi connectivity index (χ3n) is 7.79. The van der Waals surface area contributed by atoms with Crippen molar-refractivity contribution < 1.29 is 17.9 Å². The van der Waals surface area contributed by atoms with Crippen molar-refractivity contribution in [1.29, 1.82) is 0 Å². The number of amides is 1. The summed E-state index contributed by atoms with van der Waals surface area (Å²) in [7, 11) is -2.11. The molecule has 4 aromatic rings. The molecular weight excluding hydrogens is 629 g/mol. The summed E-state index contributed by atoms with van der Waals surface area (Å²) in [6.07, 6.45) is 1.64. The highest BCUT2D eigenvalue weighted by Crippen LogP contribution is 2.38. The molecule has 3 heterocycles. The van der Waals surface area contributed by atoms with Gasteiger partial charge in [0.25, 0.3) is 15.9 Å². The van der Waals surface area contributed by atoms with Crippen LogP contribution >= 0.6 is 35.3 Å². The highest BCUT2D eigenvalue weighted by molar-refractivity contribution is 7.92. The molecule has 2 aliphatic heterocycles. The van der Waals surface area contributed by atoms with Crippen LogP contribution < -0.4 is 19.3 Å². The minimum Gasteiger partial charge on any atom is -0.493 e. The maximum Gasteiger partial charge on any atom is 0.264 e. The summed E-state index contributed by atoms with van der Waals surface area (Å²) >= 11 is 7.89. The Balaban J connectivity index is 0.00000368. The first-order chi connectivity index (χ1) is 20.3. The molecule has 2 aliphatic rings. The average molecular weight is 663 g/mol. The molecule has 13 heteroatoms. The number of aryl methyl sites for hydroxylation is 1. The number of nitrogens with one attached hydrogen (secondary N) is 1. The Hall–Kier alpha value is -3.09. The fourth-order valence-electron chi connectivity index (χ4n) is 5.51. The fourth-order valence-corrected chi connectivity index (χ4v) is 8.30. The number of hydrogen-bond donors (Lipinski definition) is 1. The van der Waals surface area contributed by atoms with Crippen molar-refractivity contribution in [2.45, 2.75) is 17.7 Å². The van der Waals surface area contributed by atoms with E-state index in [1.807, 2.05) is 36.4 Å². The van der Waals surface area contributed by atoms with Gasteiger partial charge in [0.2, 0.25) is 0 Å². The number of methoxy groups -OCH3 is 1. The lowest BCUT2D eigenvalue weighted by Gasteiger charge is -2.34. The number of nitrogens with zero attached hydrogens (tertiary/aromatic N) is 4. The van der Waals surface area contributed by atoms with Gasteiger partial charge >= 0.3 is 0 Å². The number of carbonyl (C=O) groups is 1. The smallest absolute Gasteiger partial charge is 0.264 e. The van der Waals surface area contributed by atoms with Crippen LogP contribution in [0.4, 0.5) is 10.8 Å². The highest BCUT2D eigenvalue weighted by Gasteiger charge is 2.29. The lowest BCUT2D eigenvalue weighted by atomic mass is 10.0. The van der Waals surface area contributed by atoms with Crippen LogP contribution in [0.25, 0.3) is 10.2 Å². The lowest BCUT2D eigenvalue weighted by molar-refractivity contribution is 0.0947. The van der Waals surface area contributed by atoms with Crippen LogP contribution in [0.2, 0.25) is 5.02 Å². The number of halogens is 2. The van der Waals surface area contributed by atoms with Gasteiger partial charge in [-0.05, 0) is 60.9 Å². The molecule has 6 rings (SSSR count). The Morgan fingerprint density at radius 1 is 1.02 bits per heavy atom. The zero-order valence-electron chi connectivity index (χ0n) is 23.7. The number of carbonyl (C=O) groups excluding carboxylic acids is 1. The number of aromatic nitrogens is 1. The van der Waals surface area contributed by atoms with Crippen molar-refractivity contribution in [2.75, 3.05) is 62.1 Å². The van der Waals surface area contributed by atoms with E-state index in [4.69, 9.17) is 21.3 Å². The van der Waals surface area contributed by atoms with Crippen molar-refractivity contribution in [2.24, 2.45) is 0 Å². The van der Waals surface area contributed by atoms with Crippen LogP contribution in [-0.4, -0.2) is 77.1 Å². The van der Waals surface area contributed by atoms with Crippen LogP contribution in [0, 0.1) is 0 Å². The van der Waals surface area contributed by atoms with Crippen molar-refractivity contribution in [3.63, 3.8) is 0 Å². The summed E-state index contributed by atoms with van der Waals surface area (Å²) in [5, 5.41) is 4.47. The molecule has 3 aromatic carbocycles. The minimum absolute atomic E-state index is 0. The van der Waals surface area contributed by atoms with E-state index in [2.05, 4.69) is 15.1 Å². The van der Waals surface area contributed by atoms with E-state index in [9.17, 15) is 13.2 Å². The third-order valence-corrected chi connectivity index (χ3v) is 11.0. The van der Waals surface area contributed by atoms with Crippen LogP contribution in [0.15, 0.2) is 65.6 Å². The van der Waals surface area contributed by atoms with Gasteiger partial charge in [0.1, 0.15) is 5.52 Å². The Morgan fingerprint density at radius 2 is 1.77 bits per heavy atom. The summed E-state index contributed by atoms with van der Waals surface area (Å²) in [6.45, 7) is 5.05. The molecule has 1 N–H and O–H groups in total. The third kappa shape index (κ3) is 6.41. The molecule has 0 unspecified atom stereocenters. The van der Waals surface area contributed by atoms with Crippen molar-refractivity contribution in [3.8, 4) is 5.75 Å². The summed E-state index contributed by atoms with van der Waals surface area (Å²) < 4.78 is 34.7. The second kappa shape index (κ2) is 13.3. The van der Waals surface area contributed by atoms with Crippen LogP contribution in [-0.2, 0) is 16.4 Å². The summed E-state index contributed by atoms with van der Waals surface area (Å²) in [4.78, 5) is 22.3. The first-order valence-corrected chi connectivity index (χ1v) is 16.6. The number of thiazole rings is 1. The second-order valence-corrected chi connectivity index (χ2v) is 13.6. The molecular formula is C30H33Cl2N5O4S2. The van der Waals surface area contributed by atoms with E-state index in [0.29, 0.717) is 29.4 Å². The topological polar surface area (TPSA) is 95.1 Å². The number of fused-ring (bicyclic) bond motifs is 2. The molecule has 1 aromatic heterocycles. The molecule has 0 radical (unpaired) electrons. The number of piperazine rings is 1. The van der Waals surface area contributed by atoms with Gasteiger partial charge < -0.3 is 15.0 Å². The quantitative estimate of drug-likeness (QED) is 0.282. The summed E-state index contributed by atoms with van der Waals surface area (Å²) in [5.41, 5.74) is 2.99. The molecule has 0 atom stereocenters. The van der Waals surface area contributed by atoms with Gasteiger partial charge in [-0.15, -0.1) is 12.4 Å². The molecule has 228 valence electrons. The SMILES string of the molecule is COc1c(Cl)ccc2sc(N3CCN(CCNC(=O)c4ccc(S(=O)(=O)N5CCCc6ccccc65)cc4)CC3)nc12.Cl. The zero-order valence-corrected chi connectivity index (χ0v) is 26.9. The Labute approximate surface area is 266 Å². The summed E-state index contributed by atoms with van der Waals surface area (Å²) in [6, 6.07) is 17.6. The molecule has 43 heavy (non-hydrogen) atoms. The van der Waals surface area contributed by atoms with Crippen LogP contribution in [0.1, 0.15) is 22.3 Å². The second-order valence-electron chi connectivity index (χ2n) is 10.3. The van der Waals surface area contributed by atoms with Crippen LogP contribution in [0.3, 0.4) is 0 Å². The highest BCUT2D eigenvalue weighted by atomic mass is 35.5. The first-order valence-electron chi connectivity index (χ1n) is 13.9. The largest absolute Gasteiger partial charge is 0.493 e. The standard InChI is InChI=1S/C30H32ClN5O4S2.ClH/c1-40-28-24(31)12-13-26-27(28)33-30(41-26)35-19-17-34(18-20-35)16-14-32-29(37)22-8-10-23(11-9-22)42(38,39)36-15-4-6-21-5-2-3-7-25(21)36;/h2-3,5,7-13H,4,6,14-20H2,1H3,(H,32,37);1H. The van der Waals surface area contributed by atoms with E-state index in [0.717, 1.165) is 72.2 Å². The number of hydrogen-bond acceptors (Lipinski definition) is 8. The van der Waals surface area contributed by atoms with E-state index in [-0.39, 0.29) is 23.2 Å². The Kier molecular flexibility index (Phi) is 9.67. The number of benzene rings is 3. The number of para-hydroxylation sites is 1. The van der Waals surface area contributed by atoms with Crippen LogP contribution in [0.5, 0.6) is 5.75 Å². The monoisotopic (exact) mass is 661 g/mol. The molecule has 1 fully saturated rings. The van der Waals surface area contributed by atoms with Gasteiger partial charge in [0.15, 0.2) is 10.9 Å². The fraction of sp³-hybridized carbons (Fsp3) is 0.333. The van der Waals surface area contributed by atoms with E-state index in [1.54, 1.807) is 30.6 Å². The molecule has 9 nitrogen and oxygen atoms in total. The van der Waals surface area contributed by atoms with E-state index in [1.165, 1.54) is 16.4 Å². The van der Waals surface area contributed by atoms with Gasteiger partial charge in [0, 0.05) is 51.4 Å². The first kappa shape index (κ1) is 31.3. The van der Waals surface area contributed by atoms with Gasteiger partial charge in [-0.1, -0.05) is 41.1 Å². The number of ether oxygens (including phenoxy) is 1. The molecule has 1 saturated heterocycles. The average Bonchev–Trinajstić information content (AvgIpc) is 3.45. The molecule has 0 saturated carbocycles. The Morgan fingerprint density at radius 3 is 2.51 bits per heavy atom. The van der Waals surface area contributed by atoms with Gasteiger partial charge in [-0.3, -0.25) is 14.0 Å². The van der Waals surface area contributed by atoms with Crippen molar-refractivity contribution in [1.82, 2.24) is 15.2 Å². The molecule has 1 amide bonds. The number of rotatable bonds is 8. The lowest BCUT2D eigenvalue weighted by Crippen LogP contribution is -2.48. The molecule has 0 spiro atoms. The van der Waals surface area contributed by atoms with Gasteiger partial charge in [-0.25, -0.2) is 13.4 Å². The molecule has 0 bridgehead atoms. The minimum atomic E-state index is -3.71. The molecule has 0 aliphatic carbocycles. The summed E-state index contributed by atoms with van der Waals surface area (Å²) in [5.74, 6) is 0.387.